The summed E-state index contributed by atoms with van der Waals surface area (Å²) in [7, 11) is 0. The number of nitrogen functional groups attached to an aromatic ring is 1. The third-order valence-electron chi connectivity index (χ3n) is 1.81. The van der Waals surface area contributed by atoms with E-state index >= 15 is 0 Å². The molecule has 0 aliphatic carbocycles. The number of benzene rings is 1. The Morgan fingerprint density at radius 3 is 2.41 bits per heavy atom. The van der Waals surface area contributed by atoms with E-state index in [0.29, 0.717) is 0 Å². The van der Waals surface area contributed by atoms with E-state index in [1.165, 1.54) is 0 Å². The van der Waals surface area contributed by atoms with Gasteiger partial charge in [0.05, 0.1) is 5.69 Å². The molecule has 0 saturated heterocycles. The molecule has 6 heteroatoms. The van der Waals surface area contributed by atoms with Crippen LogP contribution in [-0.4, -0.2) is 11.6 Å². The topological polar surface area (TPSA) is 52.3 Å². The van der Waals surface area contributed by atoms with Crippen LogP contribution in [0.4, 0.5) is 14.5 Å². The van der Waals surface area contributed by atoms with Crippen molar-refractivity contribution in [2.75, 3.05) is 5.73 Å². The quantitative estimate of drug-likeness (QED) is 0.640. The van der Waals surface area contributed by atoms with Crippen LogP contribution in [0, 0.1) is 11.6 Å². The first-order valence-corrected chi connectivity index (χ1v) is 5.59. The van der Waals surface area contributed by atoms with Crippen molar-refractivity contribution in [1.82, 2.24) is 0 Å². The molecule has 0 bridgehead atoms. The Hall–Kier alpha value is -1.17. The Labute approximate surface area is 106 Å². The third-order valence-corrected chi connectivity index (χ3v) is 2.46. The zero-order valence-corrected chi connectivity index (χ0v) is 11.2. The lowest BCUT2D eigenvalue weighted by Crippen LogP contribution is -2.25. The van der Waals surface area contributed by atoms with Gasteiger partial charge in [0.15, 0.2) is 5.82 Å². The van der Waals surface area contributed by atoms with E-state index in [0.717, 1.165) is 6.07 Å². The van der Waals surface area contributed by atoms with Gasteiger partial charge in [0.2, 0.25) is 0 Å². The van der Waals surface area contributed by atoms with Crippen molar-refractivity contribution >= 4 is 27.6 Å². The minimum atomic E-state index is -1.12. The number of esters is 1. The largest absolute Gasteiger partial charge is 0.456 e. The molecule has 0 aliphatic heterocycles. The number of hydrogen-bond acceptors (Lipinski definition) is 3. The molecule has 0 radical (unpaired) electrons. The van der Waals surface area contributed by atoms with Crippen LogP contribution in [0.15, 0.2) is 10.5 Å². The number of rotatable bonds is 1. The van der Waals surface area contributed by atoms with Crippen LogP contribution in [0.3, 0.4) is 0 Å². The highest BCUT2D eigenvalue weighted by molar-refractivity contribution is 9.10. The van der Waals surface area contributed by atoms with Crippen molar-refractivity contribution in [2.24, 2.45) is 0 Å². The maximum Gasteiger partial charge on any atom is 0.344 e. The predicted octanol–water partition coefficient (Wildman–Crippen LogP) is 3.26. The van der Waals surface area contributed by atoms with Crippen molar-refractivity contribution in [3.8, 4) is 0 Å². The molecule has 3 nitrogen and oxygen atoms in total. The number of nitrogens with two attached hydrogens (primary N) is 1. The molecule has 1 aromatic carbocycles. The van der Waals surface area contributed by atoms with Gasteiger partial charge in [0.1, 0.15) is 17.0 Å². The highest BCUT2D eigenvalue weighted by Crippen LogP contribution is 2.28. The van der Waals surface area contributed by atoms with E-state index < -0.39 is 28.8 Å². The fourth-order valence-corrected chi connectivity index (χ4v) is 1.50. The van der Waals surface area contributed by atoms with E-state index in [1.807, 2.05) is 0 Å². The van der Waals surface area contributed by atoms with E-state index in [4.69, 9.17) is 10.5 Å². The molecule has 0 heterocycles. The molecule has 0 amide bonds. The fourth-order valence-electron chi connectivity index (χ4n) is 1.12. The lowest BCUT2D eigenvalue weighted by atomic mass is 10.1. The van der Waals surface area contributed by atoms with Crippen LogP contribution in [0.5, 0.6) is 0 Å². The summed E-state index contributed by atoms with van der Waals surface area (Å²) in [6.07, 6.45) is 0. The maximum atomic E-state index is 13.7. The Kier molecular flexibility index (Phi) is 3.76. The summed E-state index contributed by atoms with van der Waals surface area (Å²) in [6.45, 7) is 4.80. The molecular weight excluding hydrogens is 296 g/mol. The van der Waals surface area contributed by atoms with Crippen LogP contribution in [0.1, 0.15) is 31.1 Å². The van der Waals surface area contributed by atoms with Gasteiger partial charge < -0.3 is 10.5 Å². The number of carbonyl (C=O) groups is 1. The molecule has 0 fully saturated rings. The summed E-state index contributed by atoms with van der Waals surface area (Å²) in [6, 6.07) is 0.928. The van der Waals surface area contributed by atoms with Gasteiger partial charge in [-0.2, -0.15) is 0 Å². The molecule has 17 heavy (non-hydrogen) atoms. The molecule has 1 aromatic rings. The maximum absolute atomic E-state index is 13.7. The first kappa shape index (κ1) is 13.9. The summed E-state index contributed by atoms with van der Waals surface area (Å²) in [5, 5.41) is 0. The van der Waals surface area contributed by atoms with Crippen LogP contribution < -0.4 is 5.73 Å². The van der Waals surface area contributed by atoms with Crippen molar-refractivity contribution in [1.29, 1.82) is 0 Å². The summed E-state index contributed by atoms with van der Waals surface area (Å²) in [5.74, 6) is -3.21. The van der Waals surface area contributed by atoms with Gasteiger partial charge >= 0.3 is 5.97 Å². The first-order valence-electron chi connectivity index (χ1n) is 4.80. The van der Waals surface area contributed by atoms with E-state index in [-0.39, 0.29) is 10.2 Å². The second kappa shape index (κ2) is 4.60. The van der Waals surface area contributed by atoms with Gasteiger partial charge in [0.25, 0.3) is 0 Å². The molecule has 1 rings (SSSR count). The van der Waals surface area contributed by atoms with Gasteiger partial charge in [-0.1, -0.05) is 0 Å². The zero-order valence-electron chi connectivity index (χ0n) is 9.61. The average molecular weight is 308 g/mol. The Bertz CT molecular complexity index is 470. The zero-order chi connectivity index (χ0) is 13.4. The Morgan fingerprint density at radius 1 is 1.41 bits per heavy atom. The monoisotopic (exact) mass is 307 g/mol. The summed E-state index contributed by atoms with van der Waals surface area (Å²) < 4.78 is 32.1. The molecule has 0 aromatic heterocycles. The molecule has 0 aliphatic rings. The highest BCUT2D eigenvalue weighted by Gasteiger charge is 2.26. The number of ether oxygens (including phenoxy) is 1. The van der Waals surface area contributed by atoms with Gasteiger partial charge in [-0.25, -0.2) is 13.6 Å². The molecule has 2 N–H and O–H groups in total. The molecular formula is C11H12BrF2NO2. The van der Waals surface area contributed by atoms with Crippen molar-refractivity contribution < 1.29 is 18.3 Å². The number of hydrogen-bond donors (Lipinski definition) is 1. The normalized spacial score (nSPS) is 11.4. The van der Waals surface area contributed by atoms with E-state index in [1.54, 1.807) is 20.8 Å². The standard InChI is InChI=1S/C11H12BrF2NO2/c1-11(2,3)17-10(16)7-6(13)4-5(12)9(15)8(7)14/h4H,15H2,1-3H3. The average Bonchev–Trinajstić information content (AvgIpc) is 2.11. The van der Waals surface area contributed by atoms with Crippen LogP contribution in [0.25, 0.3) is 0 Å². The Balaban J connectivity index is 3.24. The van der Waals surface area contributed by atoms with Crippen molar-refractivity contribution in [2.45, 2.75) is 26.4 Å². The molecule has 0 unspecified atom stereocenters. The molecule has 0 atom stereocenters. The van der Waals surface area contributed by atoms with Gasteiger partial charge in [-0.3, -0.25) is 0 Å². The van der Waals surface area contributed by atoms with Crippen molar-refractivity contribution in [3.63, 3.8) is 0 Å². The molecule has 94 valence electrons. The number of anilines is 1. The number of halogens is 3. The number of carbonyl (C=O) groups excluding carboxylic acids is 1. The summed E-state index contributed by atoms with van der Waals surface area (Å²) in [5.41, 5.74) is 3.42. The second-order valence-electron chi connectivity index (χ2n) is 4.44. The predicted molar refractivity (Wildman–Crippen MR) is 63.6 cm³/mol. The van der Waals surface area contributed by atoms with Crippen molar-refractivity contribution in [3.05, 3.63) is 27.7 Å². The lowest BCUT2D eigenvalue weighted by molar-refractivity contribution is 0.00597. The SMILES string of the molecule is CC(C)(C)OC(=O)c1c(F)cc(Br)c(N)c1F. The van der Waals surface area contributed by atoms with E-state index in [9.17, 15) is 13.6 Å². The van der Waals surface area contributed by atoms with Crippen LogP contribution in [-0.2, 0) is 4.74 Å². The summed E-state index contributed by atoms with van der Waals surface area (Å²) >= 11 is 2.88. The fraction of sp³-hybridized carbons (Fsp3) is 0.364. The van der Waals surface area contributed by atoms with Gasteiger partial charge in [0, 0.05) is 4.47 Å². The minimum absolute atomic E-state index is 0.0554. The summed E-state index contributed by atoms with van der Waals surface area (Å²) in [4.78, 5) is 11.6. The second-order valence-corrected chi connectivity index (χ2v) is 5.30. The van der Waals surface area contributed by atoms with Crippen LogP contribution in [0.2, 0.25) is 0 Å². The van der Waals surface area contributed by atoms with E-state index in [2.05, 4.69) is 15.9 Å². The Morgan fingerprint density at radius 2 is 1.94 bits per heavy atom. The minimum Gasteiger partial charge on any atom is -0.456 e. The molecule has 0 spiro atoms. The van der Waals surface area contributed by atoms with Gasteiger partial charge in [-0.05, 0) is 42.8 Å². The first-order chi connectivity index (χ1) is 7.63. The molecule has 0 saturated carbocycles. The lowest BCUT2D eigenvalue weighted by Gasteiger charge is -2.20. The highest BCUT2D eigenvalue weighted by atomic mass is 79.9. The smallest absolute Gasteiger partial charge is 0.344 e. The van der Waals surface area contributed by atoms with Gasteiger partial charge in [-0.15, -0.1) is 0 Å². The third kappa shape index (κ3) is 3.15. The van der Waals surface area contributed by atoms with Crippen LogP contribution >= 0.6 is 15.9 Å².